The zero-order chi connectivity index (χ0) is 40.3. The van der Waals surface area contributed by atoms with Gasteiger partial charge in [0.25, 0.3) is 0 Å². The van der Waals surface area contributed by atoms with Crippen LogP contribution in [0.25, 0.3) is 34.4 Å². The van der Waals surface area contributed by atoms with Gasteiger partial charge in [0, 0.05) is 45.0 Å². The van der Waals surface area contributed by atoms with Crippen molar-refractivity contribution in [2.24, 2.45) is 0 Å². The van der Waals surface area contributed by atoms with E-state index in [1.165, 1.54) is 72.6 Å². The average Bonchev–Trinajstić information content (AvgIpc) is 3.63. The van der Waals surface area contributed by atoms with Crippen molar-refractivity contribution in [1.82, 2.24) is 0 Å². The monoisotopic (exact) mass is 760 g/mol. The summed E-state index contributed by atoms with van der Waals surface area (Å²) in [5, 5.41) is 0. The number of anilines is 6. The molecule has 0 saturated heterocycles. The standard InChI is InChI=1S/C57H48N2/c1-39-21-27-45(28-22-39)59(44-19-13-8-14-20-44)47-30-34-51-49-32-26-41(36-53(49)57(4,5)55(51)38-47)24-23-40-25-31-48-50-33-29-46(37-54(50)56(2,3)52(48)35-40)58(42-15-9-6-10-16-42)43-17-11-7-12-18-43/h6-38H,1-5H3/b24-23+. The van der Waals surface area contributed by atoms with Gasteiger partial charge in [-0.25, -0.2) is 0 Å². The summed E-state index contributed by atoms with van der Waals surface area (Å²) < 4.78 is 0. The van der Waals surface area contributed by atoms with Crippen molar-refractivity contribution in [3.05, 3.63) is 227 Å². The first-order valence-electron chi connectivity index (χ1n) is 20.8. The van der Waals surface area contributed by atoms with Gasteiger partial charge in [0.05, 0.1) is 0 Å². The minimum atomic E-state index is -0.154. The molecule has 0 aliphatic heterocycles. The maximum absolute atomic E-state index is 2.41. The molecule has 0 bridgehead atoms. The van der Waals surface area contributed by atoms with E-state index >= 15 is 0 Å². The molecule has 8 aromatic carbocycles. The molecule has 0 spiro atoms. The van der Waals surface area contributed by atoms with E-state index in [0.29, 0.717) is 0 Å². The average molecular weight is 761 g/mol. The summed E-state index contributed by atoms with van der Waals surface area (Å²) in [5.41, 5.74) is 21.1. The summed E-state index contributed by atoms with van der Waals surface area (Å²) in [5.74, 6) is 0. The third-order valence-corrected chi connectivity index (χ3v) is 12.7. The third kappa shape index (κ3) is 6.28. The molecule has 2 nitrogen and oxygen atoms in total. The van der Waals surface area contributed by atoms with Gasteiger partial charge < -0.3 is 9.80 Å². The lowest BCUT2D eigenvalue weighted by molar-refractivity contribution is 0.660. The Morgan fingerprint density at radius 3 is 1.00 bits per heavy atom. The molecule has 2 aliphatic rings. The fraction of sp³-hybridized carbons (Fsp3) is 0.123. The van der Waals surface area contributed by atoms with Crippen molar-refractivity contribution in [3.8, 4) is 22.3 Å². The maximum Gasteiger partial charge on any atom is 0.0465 e. The molecule has 8 aromatic rings. The summed E-state index contributed by atoms with van der Waals surface area (Å²) in [6.45, 7) is 11.6. The molecule has 10 rings (SSSR count). The Hall–Kier alpha value is -6.90. The van der Waals surface area contributed by atoms with E-state index < -0.39 is 0 Å². The van der Waals surface area contributed by atoms with Crippen LogP contribution in [0.5, 0.6) is 0 Å². The fourth-order valence-corrected chi connectivity index (χ4v) is 9.48. The fourth-order valence-electron chi connectivity index (χ4n) is 9.48. The van der Waals surface area contributed by atoms with Crippen LogP contribution in [0.15, 0.2) is 188 Å². The Kier molecular flexibility index (Phi) is 8.76. The summed E-state index contributed by atoms with van der Waals surface area (Å²) in [7, 11) is 0. The van der Waals surface area contributed by atoms with E-state index in [4.69, 9.17) is 0 Å². The maximum atomic E-state index is 2.41. The first-order valence-corrected chi connectivity index (χ1v) is 20.8. The molecule has 59 heavy (non-hydrogen) atoms. The Morgan fingerprint density at radius 1 is 0.322 bits per heavy atom. The van der Waals surface area contributed by atoms with Gasteiger partial charge in [-0.1, -0.05) is 161 Å². The highest BCUT2D eigenvalue weighted by molar-refractivity contribution is 5.89. The van der Waals surface area contributed by atoms with Crippen molar-refractivity contribution >= 4 is 46.3 Å². The highest BCUT2D eigenvalue weighted by Gasteiger charge is 2.37. The highest BCUT2D eigenvalue weighted by Crippen LogP contribution is 2.53. The topological polar surface area (TPSA) is 6.48 Å². The smallest absolute Gasteiger partial charge is 0.0465 e. The van der Waals surface area contributed by atoms with Crippen molar-refractivity contribution in [2.75, 3.05) is 9.80 Å². The number of nitrogens with zero attached hydrogens (tertiary/aromatic N) is 2. The van der Waals surface area contributed by atoms with Gasteiger partial charge in [0.1, 0.15) is 0 Å². The molecule has 0 radical (unpaired) electrons. The molecule has 0 aromatic heterocycles. The predicted octanol–water partition coefficient (Wildman–Crippen LogP) is 15.7. The molecule has 0 N–H and O–H groups in total. The molecular formula is C57H48N2. The van der Waals surface area contributed by atoms with Crippen LogP contribution in [0.1, 0.15) is 66.6 Å². The molecule has 0 atom stereocenters. The number of para-hydroxylation sites is 3. The summed E-state index contributed by atoms with van der Waals surface area (Å²) >= 11 is 0. The van der Waals surface area contributed by atoms with Gasteiger partial charge in [-0.3, -0.25) is 0 Å². The molecule has 286 valence electrons. The molecule has 0 amide bonds. The number of benzene rings is 8. The second kappa shape index (κ2) is 14.2. The Morgan fingerprint density at radius 2 is 0.627 bits per heavy atom. The van der Waals surface area contributed by atoms with Gasteiger partial charge in [0.15, 0.2) is 0 Å². The lowest BCUT2D eigenvalue weighted by Crippen LogP contribution is -2.16. The third-order valence-electron chi connectivity index (χ3n) is 12.7. The van der Waals surface area contributed by atoms with Crippen molar-refractivity contribution in [1.29, 1.82) is 0 Å². The zero-order valence-electron chi connectivity index (χ0n) is 34.4. The first-order chi connectivity index (χ1) is 28.7. The molecule has 0 fully saturated rings. The minimum absolute atomic E-state index is 0.151. The Labute approximate surface area is 349 Å². The normalized spacial score (nSPS) is 14.1. The molecule has 0 heterocycles. The quantitative estimate of drug-likeness (QED) is 0.142. The van der Waals surface area contributed by atoms with Gasteiger partial charge in [-0.05, 0) is 135 Å². The van der Waals surface area contributed by atoms with E-state index in [1.807, 2.05) is 0 Å². The van der Waals surface area contributed by atoms with Crippen LogP contribution in [0.3, 0.4) is 0 Å². The molecular weight excluding hydrogens is 713 g/mol. The van der Waals surface area contributed by atoms with E-state index in [-0.39, 0.29) is 10.8 Å². The summed E-state index contributed by atoms with van der Waals surface area (Å²) in [4.78, 5) is 4.72. The van der Waals surface area contributed by atoms with Crippen LogP contribution >= 0.6 is 0 Å². The number of hydrogen-bond acceptors (Lipinski definition) is 2. The lowest BCUT2D eigenvalue weighted by Gasteiger charge is -2.28. The van der Waals surface area contributed by atoms with Gasteiger partial charge in [-0.2, -0.15) is 0 Å². The highest BCUT2D eigenvalue weighted by atomic mass is 15.1. The minimum Gasteiger partial charge on any atom is -0.310 e. The first kappa shape index (κ1) is 36.4. The predicted molar refractivity (Wildman–Crippen MR) is 251 cm³/mol. The van der Waals surface area contributed by atoms with Gasteiger partial charge in [-0.15, -0.1) is 0 Å². The summed E-state index contributed by atoms with van der Waals surface area (Å²) in [6.07, 6.45) is 4.57. The SMILES string of the molecule is Cc1ccc(N(c2ccccc2)c2ccc3c(c2)C(C)(C)c2cc(/C=C/c4ccc5c(c4)C(C)(C)c4cc(N(c6ccccc6)c6ccccc6)ccc4-5)ccc2-3)cc1. The molecule has 0 saturated carbocycles. The molecule has 2 aliphatic carbocycles. The van der Waals surface area contributed by atoms with E-state index in [9.17, 15) is 0 Å². The van der Waals surface area contributed by atoms with Crippen LogP contribution < -0.4 is 9.80 Å². The van der Waals surface area contributed by atoms with E-state index in [1.54, 1.807) is 0 Å². The van der Waals surface area contributed by atoms with Gasteiger partial charge in [0.2, 0.25) is 0 Å². The summed E-state index contributed by atoms with van der Waals surface area (Å²) in [6, 6.07) is 68.9. The number of hydrogen-bond donors (Lipinski definition) is 0. The molecule has 2 heteroatoms. The van der Waals surface area contributed by atoms with Crippen molar-refractivity contribution in [2.45, 2.75) is 45.4 Å². The van der Waals surface area contributed by atoms with Crippen LogP contribution in [0.4, 0.5) is 34.1 Å². The number of aryl methyl sites for hydroxylation is 1. The Balaban J connectivity index is 0.941. The second-order valence-corrected chi connectivity index (χ2v) is 17.2. The Bertz CT molecular complexity index is 2830. The second-order valence-electron chi connectivity index (χ2n) is 17.2. The number of rotatable bonds is 8. The van der Waals surface area contributed by atoms with Crippen LogP contribution in [0.2, 0.25) is 0 Å². The molecule has 0 unspecified atom stereocenters. The van der Waals surface area contributed by atoms with Gasteiger partial charge >= 0.3 is 0 Å². The zero-order valence-corrected chi connectivity index (χ0v) is 34.4. The van der Waals surface area contributed by atoms with Crippen molar-refractivity contribution in [3.63, 3.8) is 0 Å². The largest absolute Gasteiger partial charge is 0.310 e. The van der Waals surface area contributed by atoms with E-state index in [2.05, 4.69) is 245 Å². The number of fused-ring (bicyclic) bond motifs is 6. The van der Waals surface area contributed by atoms with Crippen LogP contribution in [-0.4, -0.2) is 0 Å². The van der Waals surface area contributed by atoms with Crippen LogP contribution in [0, 0.1) is 6.92 Å². The van der Waals surface area contributed by atoms with Crippen LogP contribution in [-0.2, 0) is 10.8 Å². The lowest BCUT2D eigenvalue weighted by atomic mass is 9.81. The van der Waals surface area contributed by atoms with E-state index in [0.717, 1.165) is 22.7 Å². The van der Waals surface area contributed by atoms with Crippen molar-refractivity contribution < 1.29 is 0 Å².